The maximum Gasteiger partial charge on any atom is 0.318 e. The van der Waals surface area contributed by atoms with Crippen molar-refractivity contribution < 1.29 is 9.18 Å². The molecule has 0 bridgehead atoms. The number of carbonyl (C=O) groups is 1. The lowest BCUT2D eigenvalue weighted by Gasteiger charge is -2.35. The molecule has 0 radical (unpaired) electrons. The van der Waals surface area contributed by atoms with Crippen LogP contribution in [0.1, 0.15) is 45.1 Å². The molecule has 138 valence electrons. The molecule has 1 saturated heterocycles. The fourth-order valence-electron chi connectivity index (χ4n) is 3.50. The average molecular weight is 347 g/mol. The fraction of sp³-hybridized carbons (Fsp3) is 0.650. The third-order valence-electron chi connectivity index (χ3n) is 5.54. The number of nitrogens with zero attached hydrogens (tertiary/aromatic N) is 2. The summed E-state index contributed by atoms with van der Waals surface area (Å²) in [6, 6.07) is 7.25. The topological polar surface area (TPSA) is 35.6 Å². The molecule has 2 amide bonds. The standard InChI is InChI=1S/C20H30FN3O/c1-15-9-11-23(12-10-15)16(2)13-22-20(25)24(18-7-8-18)14-17-5-3-4-6-19(17)21/h3-6,15-16,18H,7-14H2,1-2H3,(H,22,25). The average Bonchev–Trinajstić information content (AvgIpc) is 3.44. The van der Waals surface area contributed by atoms with E-state index < -0.39 is 0 Å². The van der Waals surface area contributed by atoms with Crippen LogP contribution in [-0.2, 0) is 6.54 Å². The van der Waals surface area contributed by atoms with Crippen molar-refractivity contribution in [2.75, 3.05) is 19.6 Å². The Morgan fingerprint density at radius 1 is 1.28 bits per heavy atom. The van der Waals surface area contributed by atoms with E-state index in [1.54, 1.807) is 17.0 Å². The zero-order valence-electron chi connectivity index (χ0n) is 15.4. The van der Waals surface area contributed by atoms with Crippen molar-refractivity contribution in [1.82, 2.24) is 15.1 Å². The van der Waals surface area contributed by atoms with E-state index in [2.05, 4.69) is 24.1 Å². The smallest absolute Gasteiger partial charge is 0.318 e. The second-order valence-corrected chi connectivity index (χ2v) is 7.70. The number of urea groups is 1. The lowest BCUT2D eigenvalue weighted by atomic mass is 9.98. The molecule has 2 fully saturated rings. The molecule has 4 nitrogen and oxygen atoms in total. The Balaban J connectivity index is 1.52. The molecule has 1 heterocycles. The highest BCUT2D eigenvalue weighted by Crippen LogP contribution is 2.29. The number of piperidine rings is 1. The largest absolute Gasteiger partial charge is 0.336 e. The molecule has 5 heteroatoms. The second-order valence-electron chi connectivity index (χ2n) is 7.70. The van der Waals surface area contributed by atoms with Crippen LogP contribution in [0.4, 0.5) is 9.18 Å². The van der Waals surface area contributed by atoms with Gasteiger partial charge in [0, 0.05) is 24.2 Å². The van der Waals surface area contributed by atoms with Crippen LogP contribution in [0.25, 0.3) is 0 Å². The molecule has 25 heavy (non-hydrogen) atoms. The Bertz CT molecular complexity index is 582. The first kappa shape index (κ1) is 18.2. The first-order valence-electron chi connectivity index (χ1n) is 9.56. The van der Waals surface area contributed by atoms with E-state index in [0.717, 1.165) is 31.8 Å². The van der Waals surface area contributed by atoms with E-state index in [-0.39, 0.29) is 17.9 Å². The van der Waals surface area contributed by atoms with Crippen LogP contribution in [0.15, 0.2) is 24.3 Å². The summed E-state index contributed by atoms with van der Waals surface area (Å²) < 4.78 is 13.9. The molecular formula is C20H30FN3O. The van der Waals surface area contributed by atoms with Crippen LogP contribution >= 0.6 is 0 Å². The fourth-order valence-corrected chi connectivity index (χ4v) is 3.50. The van der Waals surface area contributed by atoms with E-state index >= 15 is 0 Å². The third kappa shape index (κ3) is 4.94. The van der Waals surface area contributed by atoms with Crippen molar-refractivity contribution in [3.05, 3.63) is 35.6 Å². The number of benzene rings is 1. The molecule has 0 spiro atoms. The highest BCUT2D eigenvalue weighted by atomic mass is 19.1. The number of hydrogen-bond acceptors (Lipinski definition) is 2. The molecule has 1 N–H and O–H groups in total. The summed E-state index contributed by atoms with van der Waals surface area (Å²) >= 11 is 0. The minimum Gasteiger partial charge on any atom is -0.336 e. The van der Waals surface area contributed by atoms with Crippen LogP contribution in [0.3, 0.4) is 0 Å². The first-order valence-corrected chi connectivity index (χ1v) is 9.56. The van der Waals surface area contributed by atoms with Crippen molar-refractivity contribution in [1.29, 1.82) is 0 Å². The van der Waals surface area contributed by atoms with Gasteiger partial charge in [0.2, 0.25) is 0 Å². The maximum atomic E-state index is 13.9. The molecule has 1 saturated carbocycles. The number of halogens is 1. The van der Waals surface area contributed by atoms with E-state index in [9.17, 15) is 9.18 Å². The SMILES string of the molecule is CC1CCN(C(C)CNC(=O)N(Cc2ccccc2F)C2CC2)CC1. The van der Waals surface area contributed by atoms with Gasteiger partial charge < -0.3 is 10.2 Å². The summed E-state index contributed by atoms with van der Waals surface area (Å²) in [6.07, 6.45) is 4.50. The number of nitrogens with one attached hydrogen (secondary N) is 1. The van der Waals surface area contributed by atoms with Crippen molar-refractivity contribution >= 4 is 6.03 Å². The zero-order chi connectivity index (χ0) is 17.8. The number of hydrogen-bond donors (Lipinski definition) is 1. The Morgan fingerprint density at radius 2 is 1.96 bits per heavy atom. The van der Waals surface area contributed by atoms with Crippen LogP contribution < -0.4 is 5.32 Å². The molecule has 0 aromatic heterocycles. The van der Waals surface area contributed by atoms with Crippen LogP contribution in [-0.4, -0.2) is 47.5 Å². The minimum atomic E-state index is -0.239. The lowest BCUT2D eigenvalue weighted by molar-refractivity contribution is 0.141. The lowest BCUT2D eigenvalue weighted by Crippen LogP contribution is -2.48. The van der Waals surface area contributed by atoms with Gasteiger partial charge in [-0.3, -0.25) is 4.90 Å². The Kier molecular flexibility index (Phi) is 5.94. The second kappa shape index (κ2) is 8.17. The quantitative estimate of drug-likeness (QED) is 0.853. The maximum absolute atomic E-state index is 13.9. The van der Waals surface area contributed by atoms with E-state index in [1.165, 1.54) is 18.9 Å². The molecule has 1 aliphatic carbocycles. The number of likely N-dealkylation sites (tertiary alicyclic amines) is 1. The molecule has 1 aromatic rings. The molecule has 1 unspecified atom stereocenters. The monoisotopic (exact) mass is 347 g/mol. The minimum absolute atomic E-state index is 0.0667. The van der Waals surface area contributed by atoms with Crippen LogP contribution in [0.2, 0.25) is 0 Å². The van der Waals surface area contributed by atoms with Crippen molar-refractivity contribution in [2.45, 2.75) is 58.2 Å². The predicted octanol–water partition coefficient (Wildman–Crippen LogP) is 3.62. The van der Waals surface area contributed by atoms with Crippen molar-refractivity contribution in [3.63, 3.8) is 0 Å². The van der Waals surface area contributed by atoms with E-state index in [1.807, 2.05) is 6.07 Å². The van der Waals surface area contributed by atoms with Gasteiger partial charge in [0.25, 0.3) is 0 Å². The van der Waals surface area contributed by atoms with Gasteiger partial charge in [-0.25, -0.2) is 9.18 Å². The van der Waals surface area contributed by atoms with Crippen molar-refractivity contribution in [3.8, 4) is 0 Å². The molecule has 2 aliphatic rings. The van der Waals surface area contributed by atoms with Gasteiger partial charge in [0.15, 0.2) is 0 Å². The zero-order valence-corrected chi connectivity index (χ0v) is 15.4. The molecular weight excluding hydrogens is 317 g/mol. The van der Waals surface area contributed by atoms with E-state index in [0.29, 0.717) is 24.7 Å². The molecule has 1 aliphatic heterocycles. The van der Waals surface area contributed by atoms with Crippen molar-refractivity contribution in [2.24, 2.45) is 5.92 Å². The molecule has 1 aromatic carbocycles. The van der Waals surface area contributed by atoms with Crippen LogP contribution in [0, 0.1) is 11.7 Å². The van der Waals surface area contributed by atoms with Gasteiger partial charge in [-0.15, -0.1) is 0 Å². The summed E-state index contributed by atoms with van der Waals surface area (Å²) in [5.41, 5.74) is 0.586. The van der Waals surface area contributed by atoms with Gasteiger partial charge in [-0.2, -0.15) is 0 Å². The van der Waals surface area contributed by atoms with Gasteiger partial charge >= 0.3 is 6.03 Å². The summed E-state index contributed by atoms with van der Waals surface area (Å²) in [5.74, 6) is 0.570. The summed E-state index contributed by atoms with van der Waals surface area (Å²) in [7, 11) is 0. The molecule has 1 atom stereocenters. The number of carbonyl (C=O) groups excluding carboxylic acids is 1. The normalized spacial score (nSPS) is 20.3. The highest BCUT2D eigenvalue weighted by Gasteiger charge is 2.33. The Morgan fingerprint density at radius 3 is 2.60 bits per heavy atom. The Labute approximate surface area is 150 Å². The molecule has 3 rings (SSSR count). The third-order valence-corrected chi connectivity index (χ3v) is 5.54. The van der Waals surface area contributed by atoms with Gasteiger partial charge in [-0.05, 0) is 57.7 Å². The van der Waals surface area contributed by atoms with Gasteiger partial charge in [0.05, 0.1) is 6.54 Å². The summed E-state index contributed by atoms with van der Waals surface area (Å²) in [4.78, 5) is 16.9. The Hall–Kier alpha value is -1.62. The first-order chi connectivity index (χ1) is 12.0. The number of amides is 2. The highest BCUT2D eigenvalue weighted by molar-refractivity contribution is 5.75. The number of rotatable bonds is 6. The summed E-state index contributed by atoms with van der Waals surface area (Å²) in [6.45, 7) is 7.70. The van der Waals surface area contributed by atoms with E-state index in [4.69, 9.17) is 0 Å². The van der Waals surface area contributed by atoms with Gasteiger partial charge in [-0.1, -0.05) is 25.1 Å². The van der Waals surface area contributed by atoms with Gasteiger partial charge in [0.1, 0.15) is 5.82 Å². The predicted molar refractivity (Wildman–Crippen MR) is 97.8 cm³/mol. The van der Waals surface area contributed by atoms with Crippen LogP contribution in [0.5, 0.6) is 0 Å². The summed E-state index contributed by atoms with van der Waals surface area (Å²) in [5, 5.41) is 3.07.